The first-order chi connectivity index (χ1) is 6.91. The smallest absolute Gasteiger partial charge is 0.225 e. The molecule has 1 unspecified atom stereocenters. The molecule has 0 aliphatic rings. The molecule has 0 spiro atoms. The Hall–Kier alpha value is -0.240. The Morgan fingerprint density at radius 3 is 2.07 bits per heavy atom. The third-order valence-electron chi connectivity index (χ3n) is 2.83. The lowest BCUT2D eigenvalue weighted by Crippen LogP contribution is -2.42. The summed E-state index contributed by atoms with van der Waals surface area (Å²) in [5.74, 6) is 1.37. The van der Waals surface area contributed by atoms with Crippen LogP contribution >= 0.6 is 11.6 Å². The van der Waals surface area contributed by atoms with Crippen molar-refractivity contribution in [2.24, 2.45) is 11.8 Å². The van der Waals surface area contributed by atoms with Crippen LogP contribution < -0.4 is 0 Å². The van der Waals surface area contributed by atoms with Crippen molar-refractivity contribution in [3.63, 3.8) is 0 Å². The van der Waals surface area contributed by atoms with Crippen molar-refractivity contribution in [1.82, 2.24) is 4.90 Å². The van der Waals surface area contributed by atoms with Crippen molar-refractivity contribution in [2.75, 3.05) is 12.4 Å². The maximum absolute atomic E-state index is 12.1. The molecule has 0 aliphatic carbocycles. The average molecular weight is 234 g/mol. The van der Waals surface area contributed by atoms with Gasteiger partial charge in [-0.3, -0.25) is 4.79 Å². The standard InChI is InChI=1S/C12H24ClNO/c1-9(2)11(5)12(15)14(10(3)4)8-6-7-13/h9-11H,6-8H2,1-5H3. The Bertz CT molecular complexity index is 192. The van der Waals surface area contributed by atoms with Crippen LogP contribution in [-0.2, 0) is 4.79 Å². The summed E-state index contributed by atoms with van der Waals surface area (Å²) >= 11 is 5.66. The zero-order chi connectivity index (χ0) is 12.0. The Kier molecular flexibility index (Phi) is 6.99. The molecule has 1 atom stereocenters. The average Bonchev–Trinajstić information content (AvgIpc) is 2.16. The maximum atomic E-state index is 12.1. The van der Waals surface area contributed by atoms with Crippen LogP contribution in [0, 0.1) is 11.8 Å². The molecule has 0 aromatic rings. The first-order valence-corrected chi connectivity index (χ1v) is 6.31. The van der Waals surface area contributed by atoms with Gasteiger partial charge >= 0.3 is 0 Å². The molecule has 0 saturated carbocycles. The second-order valence-electron chi connectivity index (χ2n) is 4.70. The summed E-state index contributed by atoms with van der Waals surface area (Å²) < 4.78 is 0. The lowest BCUT2D eigenvalue weighted by molar-refractivity contribution is -0.138. The maximum Gasteiger partial charge on any atom is 0.225 e. The highest BCUT2D eigenvalue weighted by Crippen LogP contribution is 2.15. The normalized spacial score (nSPS) is 13.3. The number of halogens is 1. The SMILES string of the molecule is CC(C)C(C)C(=O)N(CCCCl)C(C)C. The van der Waals surface area contributed by atoms with Crippen molar-refractivity contribution < 1.29 is 4.79 Å². The first-order valence-electron chi connectivity index (χ1n) is 5.78. The van der Waals surface area contributed by atoms with Gasteiger partial charge in [-0.05, 0) is 26.2 Å². The molecule has 90 valence electrons. The highest BCUT2D eigenvalue weighted by atomic mass is 35.5. The summed E-state index contributed by atoms with van der Waals surface area (Å²) in [5.41, 5.74) is 0. The summed E-state index contributed by atoms with van der Waals surface area (Å²) in [5, 5.41) is 0. The lowest BCUT2D eigenvalue weighted by atomic mass is 9.96. The third kappa shape index (κ3) is 4.87. The van der Waals surface area contributed by atoms with Crippen molar-refractivity contribution in [1.29, 1.82) is 0 Å². The van der Waals surface area contributed by atoms with E-state index in [1.54, 1.807) is 0 Å². The van der Waals surface area contributed by atoms with Gasteiger partial charge in [0.1, 0.15) is 0 Å². The summed E-state index contributed by atoms with van der Waals surface area (Å²) in [6.07, 6.45) is 0.871. The van der Waals surface area contributed by atoms with E-state index in [2.05, 4.69) is 27.7 Å². The van der Waals surface area contributed by atoms with Crippen LogP contribution in [0.5, 0.6) is 0 Å². The van der Waals surface area contributed by atoms with E-state index in [0.717, 1.165) is 13.0 Å². The number of rotatable bonds is 6. The van der Waals surface area contributed by atoms with Crippen LogP contribution in [0.4, 0.5) is 0 Å². The van der Waals surface area contributed by atoms with Crippen LogP contribution in [0.1, 0.15) is 41.0 Å². The summed E-state index contributed by atoms with van der Waals surface area (Å²) in [6.45, 7) is 11.1. The number of hydrogen-bond acceptors (Lipinski definition) is 1. The van der Waals surface area contributed by atoms with E-state index in [4.69, 9.17) is 11.6 Å². The Balaban J connectivity index is 4.41. The van der Waals surface area contributed by atoms with Gasteiger partial charge in [-0.25, -0.2) is 0 Å². The molecule has 0 N–H and O–H groups in total. The molecule has 0 aromatic carbocycles. The third-order valence-corrected chi connectivity index (χ3v) is 3.10. The van der Waals surface area contributed by atoms with Gasteiger partial charge in [0.15, 0.2) is 0 Å². The van der Waals surface area contributed by atoms with E-state index in [1.807, 2.05) is 11.8 Å². The van der Waals surface area contributed by atoms with Crippen LogP contribution in [0.25, 0.3) is 0 Å². The second kappa shape index (κ2) is 7.10. The quantitative estimate of drug-likeness (QED) is 0.646. The van der Waals surface area contributed by atoms with Crippen LogP contribution in [0.3, 0.4) is 0 Å². The molecule has 0 radical (unpaired) electrons. The van der Waals surface area contributed by atoms with Gasteiger partial charge in [-0.15, -0.1) is 11.6 Å². The Labute approximate surface area is 99.0 Å². The Morgan fingerprint density at radius 2 is 1.73 bits per heavy atom. The van der Waals surface area contributed by atoms with Crippen molar-refractivity contribution in [2.45, 2.75) is 47.1 Å². The highest BCUT2D eigenvalue weighted by Gasteiger charge is 2.24. The van der Waals surface area contributed by atoms with Crippen LogP contribution in [-0.4, -0.2) is 29.3 Å². The molecular weight excluding hydrogens is 210 g/mol. The number of amides is 1. The van der Waals surface area contributed by atoms with Crippen LogP contribution in [0.15, 0.2) is 0 Å². The molecule has 3 heteroatoms. The molecule has 1 amide bonds. The molecule has 0 heterocycles. The van der Waals surface area contributed by atoms with Gasteiger partial charge in [-0.2, -0.15) is 0 Å². The van der Waals surface area contributed by atoms with Gasteiger partial charge in [0.05, 0.1) is 0 Å². The molecule has 0 saturated heterocycles. The summed E-state index contributed by atoms with van der Waals surface area (Å²) in [4.78, 5) is 14.1. The largest absolute Gasteiger partial charge is 0.340 e. The van der Waals surface area contributed by atoms with E-state index in [-0.39, 0.29) is 17.9 Å². The lowest BCUT2D eigenvalue weighted by Gasteiger charge is -2.30. The minimum Gasteiger partial charge on any atom is -0.340 e. The molecule has 0 rings (SSSR count). The molecule has 0 aliphatic heterocycles. The fourth-order valence-electron chi connectivity index (χ4n) is 1.40. The second-order valence-corrected chi connectivity index (χ2v) is 5.08. The van der Waals surface area contributed by atoms with Gasteiger partial charge in [0, 0.05) is 24.4 Å². The van der Waals surface area contributed by atoms with E-state index in [1.165, 1.54) is 0 Å². The predicted octanol–water partition coefficient (Wildman–Crippen LogP) is 3.14. The van der Waals surface area contributed by atoms with E-state index in [0.29, 0.717) is 11.8 Å². The van der Waals surface area contributed by atoms with E-state index < -0.39 is 0 Å². The molecule has 0 aromatic heterocycles. The van der Waals surface area contributed by atoms with Gasteiger partial charge < -0.3 is 4.90 Å². The fourth-order valence-corrected chi connectivity index (χ4v) is 1.52. The van der Waals surface area contributed by atoms with Crippen molar-refractivity contribution >= 4 is 17.5 Å². The van der Waals surface area contributed by atoms with Gasteiger partial charge in [-0.1, -0.05) is 20.8 Å². The van der Waals surface area contributed by atoms with Crippen molar-refractivity contribution in [3.8, 4) is 0 Å². The monoisotopic (exact) mass is 233 g/mol. The zero-order valence-electron chi connectivity index (χ0n) is 10.6. The molecule has 0 bridgehead atoms. The van der Waals surface area contributed by atoms with Gasteiger partial charge in [0.25, 0.3) is 0 Å². The van der Waals surface area contributed by atoms with Crippen molar-refractivity contribution in [3.05, 3.63) is 0 Å². The topological polar surface area (TPSA) is 20.3 Å². The zero-order valence-corrected chi connectivity index (χ0v) is 11.3. The summed E-state index contributed by atoms with van der Waals surface area (Å²) in [6, 6.07) is 0.266. The number of alkyl halides is 1. The number of nitrogens with zero attached hydrogens (tertiary/aromatic N) is 1. The number of hydrogen-bond donors (Lipinski definition) is 0. The Morgan fingerprint density at radius 1 is 1.20 bits per heavy atom. The summed E-state index contributed by atoms with van der Waals surface area (Å²) in [7, 11) is 0. The predicted molar refractivity (Wildman–Crippen MR) is 66.2 cm³/mol. The fraction of sp³-hybridized carbons (Fsp3) is 0.917. The molecule has 2 nitrogen and oxygen atoms in total. The van der Waals surface area contributed by atoms with E-state index >= 15 is 0 Å². The molecular formula is C12H24ClNO. The highest BCUT2D eigenvalue weighted by molar-refractivity contribution is 6.17. The number of carbonyl (C=O) groups is 1. The molecule has 0 fully saturated rings. The van der Waals surface area contributed by atoms with Crippen LogP contribution in [0.2, 0.25) is 0 Å². The number of carbonyl (C=O) groups excluding carboxylic acids is 1. The minimum absolute atomic E-state index is 0.0997. The van der Waals surface area contributed by atoms with Gasteiger partial charge in [0.2, 0.25) is 5.91 Å². The minimum atomic E-state index is 0.0997. The first kappa shape index (κ1) is 14.8. The molecule has 15 heavy (non-hydrogen) atoms. The van der Waals surface area contributed by atoms with E-state index in [9.17, 15) is 4.79 Å².